The van der Waals surface area contributed by atoms with Crippen LogP contribution in [0.15, 0.2) is 60.9 Å². The number of nitrogens with zero attached hydrogens (tertiary/aromatic N) is 2. The SMILES string of the molecule is CN(Cc1ccccc1)C(=O)CCCC[n+]1ccccc1.[Br-]. The van der Waals surface area contributed by atoms with Crippen LogP contribution in [0.4, 0.5) is 0 Å². The first-order valence-electron chi connectivity index (χ1n) is 7.47. The first-order chi connectivity index (χ1) is 10.3. The average molecular weight is 363 g/mol. The number of unbranched alkanes of at least 4 members (excludes halogenated alkanes) is 1. The molecule has 0 unspecified atom stereocenters. The Hall–Kier alpha value is -1.68. The van der Waals surface area contributed by atoms with Crippen molar-refractivity contribution in [2.24, 2.45) is 0 Å². The smallest absolute Gasteiger partial charge is 0.222 e. The third kappa shape index (κ3) is 6.39. The molecule has 4 heteroatoms. The Labute approximate surface area is 143 Å². The number of hydrogen-bond acceptors (Lipinski definition) is 1. The Kier molecular flexibility index (Phi) is 8.44. The molecule has 0 aliphatic carbocycles. The number of aromatic nitrogens is 1. The van der Waals surface area contributed by atoms with Crippen LogP contribution >= 0.6 is 0 Å². The molecule has 0 aliphatic rings. The first kappa shape index (κ1) is 18.4. The van der Waals surface area contributed by atoms with Crippen LogP contribution in [-0.2, 0) is 17.9 Å². The van der Waals surface area contributed by atoms with Crippen LogP contribution in [0.25, 0.3) is 0 Å². The van der Waals surface area contributed by atoms with Gasteiger partial charge in [0.1, 0.15) is 6.54 Å². The first-order valence-corrected chi connectivity index (χ1v) is 7.47. The van der Waals surface area contributed by atoms with E-state index in [1.54, 1.807) is 0 Å². The molecule has 0 spiro atoms. The maximum Gasteiger partial charge on any atom is 0.222 e. The fourth-order valence-electron chi connectivity index (χ4n) is 2.29. The van der Waals surface area contributed by atoms with Crippen molar-refractivity contribution in [2.75, 3.05) is 7.05 Å². The number of aryl methyl sites for hydroxylation is 1. The summed E-state index contributed by atoms with van der Waals surface area (Å²) in [5, 5.41) is 0. The summed E-state index contributed by atoms with van der Waals surface area (Å²) in [5.74, 6) is 0.219. The zero-order valence-electron chi connectivity index (χ0n) is 13.0. The minimum atomic E-state index is 0. The predicted molar refractivity (Wildman–Crippen MR) is 83.4 cm³/mol. The number of carbonyl (C=O) groups is 1. The van der Waals surface area contributed by atoms with Gasteiger partial charge in [0.25, 0.3) is 0 Å². The quantitative estimate of drug-likeness (QED) is 0.494. The monoisotopic (exact) mass is 362 g/mol. The van der Waals surface area contributed by atoms with Crippen LogP contribution in [0.1, 0.15) is 24.8 Å². The largest absolute Gasteiger partial charge is 1.00 e. The van der Waals surface area contributed by atoms with Gasteiger partial charge < -0.3 is 21.9 Å². The van der Waals surface area contributed by atoms with Crippen molar-refractivity contribution in [3.63, 3.8) is 0 Å². The number of benzene rings is 1. The molecule has 1 amide bonds. The van der Waals surface area contributed by atoms with Crippen molar-refractivity contribution >= 4 is 5.91 Å². The summed E-state index contributed by atoms with van der Waals surface area (Å²) in [6, 6.07) is 16.2. The maximum absolute atomic E-state index is 12.1. The van der Waals surface area contributed by atoms with Gasteiger partial charge in [0.05, 0.1) is 0 Å². The van der Waals surface area contributed by atoms with Gasteiger partial charge in [-0.25, -0.2) is 4.57 Å². The summed E-state index contributed by atoms with van der Waals surface area (Å²) in [4.78, 5) is 13.9. The molecule has 1 aromatic carbocycles. The summed E-state index contributed by atoms with van der Waals surface area (Å²) in [7, 11) is 1.88. The molecule has 0 radical (unpaired) electrons. The number of hydrogen-bond donors (Lipinski definition) is 0. The second-order valence-corrected chi connectivity index (χ2v) is 5.31. The maximum atomic E-state index is 12.1. The van der Waals surface area contributed by atoms with E-state index in [-0.39, 0.29) is 22.9 Å². The lowest BCUT2D eigenvalue weighted by molar-refractivity contribution is -0.697. The summed E-state index contributed by atoms with van der Waals surface area (Å²) < 4.78 is 2.15. The number of pyridine rings is 1. The van der Waals surface area contributed by atoms with Crippen LogP contribution in [0.3, 0.4) is 0 Å². The minimum absolute atomic E-state index is 0. The molecule has 1 aromatic heterocycles. The lowest BCUT2D eigenvalue weighted by atomic mass is 10.2. The second kappa shape index (κ2) is 10.1. The highest BCUT2D eigenvalue weighted by atomic mass is 79.9. The van der Waals surface area contributed by atoms with E-state index >= 15 is 0 Å². The fraction of sp³-hybridized carbons (Fsp3) is 0.333. The van der Waals surface area contributed by atoms with E-state index in [0.29, 0.717) is 13.0 Å². The Bertz CT molecular complexity index is 546. The van der Waals surface area contributed by atoms with Crippen molar-refractivity contribution < 1.29 is 26.3 Å². The Morgan fingerprint density at radius 1 is 1.00 bits per heavy atom. The highest BCUT2D eigenvalue weighted by Crippen LogP contribution is 2.06. The van der Waals surface area contributed by atoms with Crippen molar-refractivity contribution in [3.05, 3.63) is 66.5 Å². The van der Waals surface area contributed by atoms with Gasteiger partial charge in [0.2, 0.25) is 5.91 Å². The van der Waals surface area contributed by atoms with Crippen LogP contribution in [0.5, 0.6) is 0 Å². The second-order valence-electron chi connectivity index (χ2n) is 5.31. The topological polar surface area (TPSA) is 24.2 Å². The van der Waals surface area contributed by atoms with Gasteiger partial charge in [-0.3, -0.25) is 4.79 Å². The number of rotatable bonds is 7. The summed E-state index contributed by atoms with van der Waals surface area (Å²) >= 11 is 0. The molecule has 0 N–H and O–H groups in total. The third-order valence-corrected chi connectivity index (χ3v) is 3.52. The van der Waals surface area contributed by atoms with E-state index in [1.165, 1.54) is 5.56 Å². The standard InChI is InChI=1S/C18H23N2O.BrH/c1-19(16-17-10-4-2-5-11-17)18(21)12-6-9-15-20-13-7-3-8-14-20;/h2-5,7-8,10-11,13-14H,6,9,12,15-16H2,1H3;1H/q+1;/p-1. The number of carbonyl (C=O) groups excluding carboxylic acids is 1. The molecule has 0 saturated heterocycles. The van der Waals surface area contributed by atoms with Crippen molar-refractivity contribution in [1.82, 2.24) is 4.90 Å². The predicted octanol–water partition coefficient (Wildman–Crippen LogP) is -0.193. The van der Waals surface area contributed by atoms with Gasteiger partial charge in [-0.15, -0.1) is 0 Å². The zero-order chi connectivity index (χ0) is 14.9. The van der Waals surface area contributed by atoms with E-state index in [0.717, 1.165) is 19.4 Å². The summed E-state index contributed by atoms with van der Waals surface area (Å²) in [6.45, 7) is 1.66. The Morgan fingerprint density at radius 3 is 2.32 bits per heavy atom. The third-order valence-electron chi connectivity index (χ3n) is 3.52. The van der Waals surface area contributed by atoms with E-state index in [9.17, 15) is 4.79 Å². The van der Waals surface area contributed by atoms with Crippen LogP contribution in [0, 0.1) is 0 Å². The van der Waals surface area contributed by atoms with Gasteiger partial charge in [0.15, 0.2) is 12.4 Å². The number of halogens is 1. The number of amides is 1. The minimum Gasteiger partial charge on any atom is -1.00 e. The van der Waals surface area contributed by atoms with Gasteiger partial charge in [-0.1, -0.05) is 36.4 Å². The van der Waals surface area contributed by atoms with Gasteiger partial charge >= 0.3 is 0 Å². The van der Waals surface area contributed by atoms with Crippen molar-refractivity contribution in [1.29, 1.82) is 0 Å². The van der Waals surface area contributed by atoms with Crippen molar-refractivity contribution in [3.8, 4) is 0 Å². The summed E-state index contributed by atoms with van der Waals surface area (Å²) in [6.07, 6.45) is 6.70. The molecule has 0 saturated carbocycles. The highest BCUT2D eigenvalue weighted by molar-refractivity contribution is 5.75. The lowest BCUT2D eigenvalue weighted by Crippen LogP contribution is -3.00. The average Bonchev–Trinajstić information content (AvgIpc) is 2.53. The molecule has 0 fully saturated rings. The van der Waals surface area contributed by atoms with Gasteiger partial charge in [0, 0.05) is 38.6 Å². The van der Waals surface area contributed by atoms with Gasteiger partial charge in [-0.2, -0.15) is 0 Å². The lowest BCUT2D eigenvalue weighted by Gasteiger charge is -2.17. The van der Waals surface area contributed by atoms with Crippen molar-refractivity contribution in [2.45, 2.75) is 32.4 Å². The fourth-order valence-corrected chi connectivity index (χ4v) is 2.29. The molecular formula is C18H23BrN2O. The highest BCUT2D eigenvalue weighted by Gasteiger charge is 2.09. The molecule has 0 bridgehead atoms. The van der Waals surface area contributed by atoms with Gasteiger partial charge in [-0.05, 0) is 12.0 Å². The van der Waals surface area contributed by atoms with E-state index in [4.69, 9.17) is 0 Å². The Morgan fingerprint density at radius 2 is 1.64 bits per heavy atom. The van der Waals surface area contributed by atoms with Crippen LogP contribution < -0.4 is 21.5 Å². The zero-order valence-corrected chi connectivity index (χ0v) is 14.6. The molecule has 0 aliphatic heterocycles. The molecule has 22 heavy (non-hydrogen) atoms. The molecule has 2 rings (SSSR count). The van der Waals surface area contributed by atoms with Crippen LogP contribution in [-0.4, -0.2) is 17.9 Å². The van der Waals surface area contributed by atoms with Crippen LogP contribution in [0.2, 0.25) is 0 Å². The summed E-state index contributed by atoms with van der Waals surface area (Å²) in [5.41, 5.74) is 1.17. The Balaban J connectivity index is 0.00000242. The molecule has 3 nitrogen and oxygen atoms in total. The van der Waals surface area contributed by atoms with E-state index in [1.807, 2.05) is 48.3 Å². The molecular weight excluding hydrogens is 340 g/mol. The molecule has 118 valence electrons. The van der Waals surface area contributed by atoms with E-state index < -0.39 is 0 Å². The van der Waals surface area contributed by atoms with E-state index in [2.05, 4.69) is 29.1 Å². The normalized spacial score (nSPS) is 9.86. The molecule has 0 atom stereocenters. The molecule has 1 heterocycles. The molecule has 2 aromatic rings.